The Kier molecular flexibility index (Phi) is 5.56. The van der Waals surface area contributed by atoms with E-state index in [-0.39, 0.29) is 11.2 Å². The molecule has 0 saturated carbocycles. The summed E-state index contributed by atoms with van der Waals surface area (Å²) in [5.74, 6) is -0.00363. The van der Waals surface area contributed by atoms with Crippen LogP contribution < -0.4 is 0 Å². The second-order valence-corrected chi connectivity index (χ2v) is 3.28. The molecule has 0 bridgehead atoms. The lowest BCUT2D eigenvalue weighted by Crippen LogP contribution is -2.36. The van der Waals surface area contributed by atoms with Crippen LogP contribution in [0.15, 0.2) is 0 Å². The number of carbonyl (C=O) groups excluding carboxylic acids is 1. The van der Waals surface area contributed by atoms with Gasteiger partial charge in [0.2, 0.25) is 5.91 Å². The highest BCUT2D eigenvalue weighted by atomic mass is 32.1. The molecule has 0 fully saturated rings. The maximum absolute atomic E-state index is 11.3. The smallest absolute Gasteiger partial charge is 0.235 e. The molecule has 0 aliphatic carbocycles. The fourth-order valence-electron chi connectivity index (χ4n) is 0.873. The zero-order valence-corrected chi connectivity index (χ0v) is 8.34. The van der Waals surface area contributed by atoms with E-state index in [2.05, 4.69) is 12.6 Å². The van der Waals surface area contributed by atoms with Crippen LogP contribution in [0.2, 0.25) is 0 Å². The van der Waals surface area contributed by atoms with Crippen LogP contribution >= 0.6 is 12.6 Å². The van der Waals surface area contributed by atoms with Gasteiger partial charge in [-0.1, -0.05) is 0 Å². The fraction of sp³-hybridized carbons (Fsp3) is 0.750. The van der Waals surface area contributed by atoms with E-state index in [0.29, 0.717) is 19.5 Å². The average molecular weight is 186 g/mol. The van der Waals surface area contributed by atoms with Crippen molar-refractivity contribution in [2.75, 3.05) is 13.1 Å². The molecule has 12 heavy (non-hydrogen) atoms. The third kappa shape index (κ3) is 3.63. The summed E-state index contributed by atoms with van der Waals surface area (Å²) >= 11 is 4.03. The molecule has 1 unspecified atom stereocenters. The van der Waals surface area contributed by atoms with Crippen LogP contribution in [0.3, 0.4) is 0 Å². The highest BCUT2D eigenvalue weighted by molar-refractivity contribution is 7.81. The number of rotatable bonds is 4. The van der Waals surface area contributed by atoms with Gasteiger partial charge in [-0.25, -0.2) is 0 Å². The third-order valence-corrected chi connectivity index (χ3v) is 1.77. The van der Waals surface area contributed by atoms with Crippen LogP contribution in [0.1, 0.15) is 20.3 Å². The molecule has 1 atom stereocenters. The maximum atomic E-state index is 11.3. The van der Waals surface area contributed by atoms with Crippen LogP contribution in [0.5, 0.6) is 0 Å². The number of carbonyl (C=O) groups is 1. The Labute approximate surface area is 78.8 Å². The molecule has 4 heteroatoms. The number of nitrogens with zero attached hydrogens (tertiary/aromatic N) is 2. The summed E-state index contributed by atoms with van der Waals surface area (Å²) < 4.78 is 0. The number of thiol groups is 1. The SMILES string of the molecule is CCN(CCC#N)C(=O)C(C)S. The van der Waals surface area contributed by atoms with E-state index in [1.165, 1.54) is 0 Å². The predicted molar refractivity (Wildman–Crippen MR) is 50.9 cm³/mol. The zero-order chi connectivity index (χ0) is 9.56. The third-order valence-electron chi connectivity index (χ3n) is 1.54. The molecule has 68 valence electrons. The summed E-state index contributed by atoms with van der Waals surface area (Å²) in [4.78, 5) is 13.0. The minimum absolute atomic E-state index is 0.00363. The van der Waals surface area contributed by atoms with E-state index < -0.39 is 0 Å². The molecule has 0 aliphatic rings. The van der Waals surface area contributed by atoms with E-state index in [1.54, 1.807) is 11.8 Å². The van der Waals surface area contributed by atoms with Crippen molar-refractivity contribution in [2.24, 2.45) is 0 Å². The summed E-state index contributed by atoms with van der Waals surface area (Å²) in [5, 5.41) is 8.05. The topological polar surface area (TPSA) is 44.1 Å². The number of nitriles is 1. The molecule has 0 radical (unpaired) electrons. The van der Waals surface area contributed by atoms with Crippen LogP contribution in [-0.4, -0.2) is 29.1 Å². The summed E-state index contributed by atoms with van der Waals surface area (Å²) in [5.41, 5.74) is 0. The van der Waals surface area contributed by atoms with Gasteiger partial charge in [0.25, 0.3) is 0 Å². The molecule has 1 amide bonds. The highest BCUT2D eigenvalue weighted by Crippen LogP contribution is 2.01. The molecule has 0 N–H and O–H groups in total. The zero-order valence-electron chi connectivity index (χ0n) is 7.45. The van der Waals surface area contributed by atoms with Crippen molar-refractivity contribution in [3.05, 3.63) is 0 Å². The van der Waals surface area contributed by atoms with Crippen molar-refractivity contribution in [1.82, 2.24) is 4.90 Å². The first-order valence-corrected chi connectivity index (χ1v) is 4.49. The van der Waals surface area contributed by atoms with Crippen molar-refractivity contribution >= 4 is 18.5 Å². The largest absolute Gasteiger partial charge is 0.341 e. The van der Waals surface area contributed by atoms with Crippen molar-refractivity contribution in [2.45, 2.75) is 25.5 Å². The lowest BCUT2D eigenvalue weighted by molar-refractivity contribution is -0.130. The van der Waals surface area contributed by atoms with E-state index in [9.17, 15) is 4.79 Å². The monoisotopic (exact) mass is 186 g/mol. The first-order chi connectivity index (χ1) is 5.63. The van der Waals surface area contributed by atoms with Gasteiger partial charge in [-0.2, -0.15) is 17.9 Å². The number of amides is 1. The summed E-state index contributed by atoms with van der Waals surface area (Å²) in [6, 6.07) is 2.01. The van der Waals surface area contributed by atoms with Crippen LogP contribution in [0, 0.1) is 11.3 Å². The number of hydrogen-bond donors (Lipinski definition) is 1. The summed E-state index contributed by atoms with van der Waals surface area (Å²) in [7, 11) is 0. The van der Waals surface area contributed by atoms with Crippen LogP contribution in [0.4, 0.5) is 0 Å². The quantitative estimate of drug-likeness (QED) is 0.667. The minimum atomic E-state index is -0.274. The van der Waals surface area contributed by atoms with Gasteiger partial charge in [0, 0.05) is 13.1 Å². The Bertz CT molecular complexity index is 186. The molecular formula is C8H14N2OS. The average Bonchev–Trinajstić information content (AvgIpc) is 2.05. The molecule has 0 aliphatic heterocycles. The molecule has 3 nitrogen and oxygen atoms in total. The van der Waals surface area contributed by atoms with E-state index in [4.69, 9.17) is 5.26 Å². The summed E-state index contributed by atoms with van der Waals surface area (Å²) in [6.45, 7) is 4.79. The first-order valence-electron chi connectivity index (χ1n) is 3.97. The standard InChI is InChI=1S/C8H14N2OS/c1-3-10(6-4-5-9)8(11)7(2)12/h7,12H,3-4,6H2,1-2H3. The highest BCUT2D eigenvalue weighted by Gasteiger charge is 2.14. The maximum Gasteiger partial charge on any atom is 0.235 e. The second kappa shape index (κ2) is 5.90. The number of hydrogen-bond acceptors (Lipinski definition) is 3. The van der Waals surface area contributed by atoms with Crippen molar-refractivity contribution in [3.8, 4) is 6.07 Å². The lowest BCUT2D eigenvalue weighted by atomic mass is 10.3. The van der Waals surface area contributed by atoms with Gasteiger partial charge in [0.1, 0.15) is 0 Å². The normalized spacial score (nSPS) is 11.8. The second-order valence-electron chi connectivity index (χ2n) is 2.50. The predicted octanol–water partition coefficient (Wildman–Crippen LogP) is 1.07. The van der Waals surface area contributed by atoms with E-state index in [1.807, 2.05) is 13.0 Å². The van der Waals surface area contributed by atoms with Gasteiger partial charge in [0.05, 0.1) is 17.7 Å². The summed E-state index contributed by atoms with van der Waals surface area (Å²) in [6.07, 6.45) is 0.389. The van der Waals surface area contributed by atoms with E-state index in [0.717, 1.165) is 0 Å². The molecule has 0 saturated heterocycles. The van der Waals surface area contributed by atoms with Crippen molar-refractivity contribution < 1.29 is 4.79 Å². The van der Waals surface area contributed by atoms with Gasteiger partial charge in [-0.05, 0) is 13.8 Å². The Morgan fingerprint density at radius 3 is 2.67 bits per heavy atom. The van der Waals surface area contributed by atoms with E-state index >= 15 is 0 Å². The molecule has 0 aromatic heterocycles. The molecule has 0 rings (SSSR count). The minimum Gasteiger partial charge on any atom is -0.341 e. The van der Waals surface area contributed by atoms with Crippen molar-refractivity contribution in [3.63, 3.8) is 0 Å². The van der Waals surface area contributed by atoms with Gasteiger partial charge >= 0.3 is 0 Å². The van der Waals surface area contributed by atoms with Gasteiger partial charge in [-0.3, -0.25) is 4.79 Å². The van der Waals surface area contributed by atoms with Crippen molar-refractivity contribution in [1.29, 1.82) is 5.26 Å². The van der Waals surface area contributed by atoms with Gasteiger partial charge < -0.3 is 4.90 Å². The molecule has 0 spiro atoms. The Hall–Kier alpha value is -0.690. The molecule has 0 heterocycles. The molecular weight excluding hydrogens is 172 g/mol. The Balaban J connectivity index is 3.98. The first kappa shape index (κ1) is 11.3. The van der Waals surface area contributed by atoms with Gasteiger partial charge in [-0.15, -0.1) is 0 Å². The van der Waals surface area contributed by atoms with Crippen LogP contribution in [-0.2, 0) is 4.79 Å². The van der Waals surface area contributed by atoms with Crippen LogP contribution in [0.25, 0.3) is 0 Å². The Morgan fingerprint density at radius 1 is 1.75 bits per heavy atom. The fourth-order valence-corrected chi connectivity index (χ4v) is 1.04. The molecule has 0 aromatic rings. The Morgan fingerprint density at radius 2 is 2.33 bits per heavy atom. The lowest BCUT2D eigenvalue weighted by Gasteiger charge is -2.20. The molecule has 0 aromatic carbocycles. The van der Waals surface area contributed by atoms with Gasteiger partial charge in [0.15, 0.2) is 0 Å².